The van der Waals surface area contributed by atoms with E-state index in [1.165, 1.54) is 4.31 Å². The van der Waals surface area contributed by atoms with Gasteiger partial charge in [0.05, 0.1) is 11.5 Å². The van der Waals surface area contributed by atoms with Crippen molar-refractivity contribution in [3.63, 3.8) is 0 Å². The second kappa shape index (κ2) is 5.20. The zero-order valence-electron chi connectivity index (χ0n) is 9.37. The Morgan fingerprint density at radius 1 is 1.28 bits per heavy atom. The van der Waals surface area contributed by atoms with Crippen LogP contribution in [0.1, 0.15) is 6.42 Å². The average molecular weight is 374 g/mol. The number of halogens is 1. The van der Waals surface area contributed by atoms with Gasteiger partial charge in [0, 0.05) is 17.6 Å². The van der Waals surface area contributed by atoms with E-state index in [0.717, 1.165) is 11.3 Å². The number of hydrogen-bond acceptors (Lipinski definition) is 5. The van der Waals surface area contributed by atoms with Crippen molar-refractivity contribution >= 4 is 47.1 Å². The molecule has 1 aromatic heterocycles. The SMILES string of the molecule is O=S1(=O)CCCN(S(=O)(=O)c2sccc2Br)CC1. The minimum Gasteiger partial charge on any atom is -0.229 e. The summed E-state index contributed by atoms with van der Waals surface area (Å²) in [5, 5.41) is 1.69. The number of hydrogen-bond donors (Lipinski definition) is 0. The highest BCUT2D eigenvalue weighted by atomic mass is 79.9. The van der Waals surface area contributed by atoms with Gasteiger partial charge in [0.25, 0.3) is 10.0 Å². The van der Waals surface area contributed by atoms with E-state index < -0.39 is 19.9 Å². The lowest BCUT2D eigenvalue weighted by molar-refractivity contribution is 0.436. The van der Waals surface area contributed by atoms with Gasteiger partial charge < -0.3 is 0 Å². The van der Waals surface area contributed by atoms with Gasteiger partial charge in [0.15, 0.2) is 9.84 Å². The van der Waals surface area contributed by atoms with Gasteiger partial charge in [-0.1, -0.05) is 0 Å². The van der Waals surface area contributed by atoms with Gasteiger partial charge in [-0.2, -0.15) is 4.31 Å². The number of thiophene rings is 1. The summed E-state index contributed by atoms with van der Waals surface area (Å²) in [6.45, 7) is 0.293. The fourth-order valence-corrected chi connectivity index (χ4v) is 7.05. The molecule has 1 fully saturated rings. The van der Waals surface area contributed by atoms with Crippen LogP contribution in [0.3, 0.4) is 0 Å². The molecule has 2 rings (SSSR count). The molecule has 1 aromatic rings. The predicted molar refractivity (Wildman–Crippen MR) is 74.0 cm³/mol. The van der Waals surface area contributed by atoms with Crippen molar-refractivity contribution in [2.24, 2.45) is 0 Å². The van der Waals surface area contributed by atoms with Crippen molar-refractivity contribution in [3.8, 4) is 0 Å². The number of sulfonamides is 1. The molecule has 0 atom stereocenters. The van der Waals surface area contributed by atoms with Gasteiger partial charge in [-0.05, 0) is 33.8 Å². The first-order valence-electron chi connectivity index (χ1n) is 5.26. The first-order chi connectivity index (χ1) is 8.33. The van der Waals surface area contributed by atoms with E-state index in [9.17, 15) is 16.8 Å². The van der Waals surface area contributed by atoms with Crippen molar-refractivity contribution in [3.05, 3.63) is 15.9 Å². The molecule has 0 bridgehead atoms. The lowest BCUT2D eigenvalue weighted by Gasteiger charge is -2.18. The third-order valence-corrected chi connectivity index (χ3v) is 8.93. The third-order valence-electron chi connectivity index (χ3n) is 2.67. The van der Waals surface area contributed by atoms with Crippen LogP contribution in [-0.2, 0) is 19.9 Å². The highest BCUT2D eigenvalue weighted by Crippen LogP contribution is 2.30. The van der Waals surface area contributed by atoms with E-state index in [1.807, 2.05) is 0 Å². The molecule has 0 unspecified atom stereocenters. The van der Waals surface area contributed by atoms with Crippen LogP contribution in [0.25, 0.3) is 0 Å². The van der Waals surface area contributed by atoms with Crippen LogP contribution in [0.5, 0.6) is 0 Å². The Kier molecular flexibility index (Phi) is 4.17. The molecule has 2 heterocycles. The van der Waals surface area contributed by atoms with E-state index in [1.54, 1.807) is 11.4 Å². The molecule has 0 saturated carbocycles. The molecule has 0 radical (unpaired) electrons. The molecular formula is C9H12BrNO4S3. The zero-order chi connectivity index (χ0) is 13.4. The van der Waals surface area contributed by atoms with Crippen LogP contribution >= 0.6 is 27.3 Å². The van der Waals surface area contributed by atoms with Crippen LogP contribution in [-0.4, -0.2) is 45.7 Å². The molecule has 18 heavy (non-hydrogen) atoms. The van der Waals surface area contributed by atoms with Crippen molar-refractivity contribution in [2.45, 2.75) is 10.6 Å². The monoisotopic (exact) mass is 373 g/mol. The van der Waals surface area contributed by atoms with Gasteiger partial charge in [-0.15, -0.1) is 11.3 Å². The largest absolute Gasteiger partial charge is 0.253 e. The summed E-state index contributed by atoms with van der Waals surface area (Å²) in [6.07, 6.45) is 0.352. The molecule has 0 aliphatic carbocycles. The molecule has 9 heteroatoms. The van der Waals surface area contributed by atoms with Crippen LogP contribution in [0.2, 0.25) is 0 Å². The Morgan fingerprint density at radius 2 is 2.00 bits per heavy atom. The van der Waals surface area contributed by atoms with Crippen LogP contribution in [0, 0.1) is 0 Å². The lowest BCUT2D eigenvalue weighted by atomic mass is 10.5. The third kappa shape index (κ3) is 2.96. The molecule has 0 spiro atoms. The summed E-state index contributed by atoms with van der Waals surface area (Å²) < 4.78 is 49.6. The topological polar surface area (TPSA) is 71.5 Å². The van der Waals surface area contributed by atoms with E-state index in [-0.39, 0.29) is 28.8 Å². The van der Waals surface area contributed by atoms with Crippen molar-refractivity contribution in [1.29, 1.82) is 0 Å². The summed E-state index contributed by atoms with van der Waals surface area (Å²) in [5.74, 6) is -0.0418. The normalized spacial score (nSPS) is 21.6. The Bertz CT molecular complexity index is 635. The van der Waals surface area contributed by atoms with Gasteiger partial charge in [-0.25, -0.2) is 16.8 Å². The Labute approximate surface area is 119 Å². The minimum absolute atomic E-state index is 0.0367. The van der Waals surface area contributed by atoms with E-state index >= 15 is 0 Å². The molecule has 1 saturated heterocycles. The van der Waals surface area contributed by atoms with E-state index in [0.29, 0.717) is 10.9 Å². The van der Waals surface area contributed by atoms with Crippen LogP contribution < -0.4 is 0 Å². The highest BCUT2D eigenvalue weighted by Gasteiger charge is 2.31. The highest BCUT2D eigenvalue weighted by molar-refractivity contribution is 9.10. The quantitative estimate of drug-likeness (QED) is 0.783. The van der Waals surface area contributed by atoms with Crippen LogP contribution in [0.15, 0.2) is 20.1 Å². The second-order valence-corrected chi connectivity index (χ2v) is 10.2. The maximum Gasteiger partial charge on any atom is 0.253 e. The molecular weight excluding hydrogens is 362 g/mol. The molecule has 0 N–H and O–H groups in total. The standard InChI is InChI=1S/C9H12BrNO4S3/c10-8-2-5-16-9(8)18(14,15)11-3-1-6-17(12,13)7-4-11/h2,5H,1,3-4,6-7H2. The van der Waals surface area contributed by atoms with Gasteiger partial charge >= 0.3 is 0 Å². The molecule has 0 aromatic carbocycles. The first kappa shape index (κ1) is 14.4. The van der Waals surface area contributed by atoms with Gasteiger partial charge in [0.1, 0.15) is 4.21 Å². The fourth-order valence-electron chi connectivity index (χ4n) is 1.74. The Balaban J connectivity index is 2.29. The lowest BCUT2D eigenvalue weighted by Crippen LogP contribution is -2.33. The molecule has 102 valence electrons. The van der Waals surface area contributed by atoms with E-state index in [2.05, 4.69) is 15.9 Å². The maximum atomic E-state index is 12.3. The molecule has 5 nitrogen and oxygen atoms in total. The maximum absolute atomic E-state index is 12.3. The Hall–Kier alpha value is 0.0400. The fraction of sp³-hybridized carbons (Fsp3) is 0.556. The van der Waals surface area contributed by atoms with Gasteiger partial charge in [-0.3, -0.25) is 0 Å². The van der Waals surface area contributed by atoms with Gasteiger partial charge in [0.2, 0.25) is 0 Å². The number of rotatable bonds is 2. The second-order valence-electron chi connectivity index (χ2n) is 3.97. The number of nitrogens with zero attached hydrogens (tertiary/aromatic N) is 1. The summed E-state index contributed by atoms with van der Waals surface area (Å²) in [5.41, 5.74) is 0. The van der Waals surface area contributed by atoms with E-state index in [4.69, 9.17) is 0 Å². The number of sulfone groups is 1. The minimum atomic E-state index is -3.58. The summed E-state index contributed by atoms with van der Waals surface area (Å²) in [4.78, 5) is 0. The average Bonchev–Trinajstić information content (AvgIpc) is 2.60. The summed E-state index contributed by atoms with van der Waals surface area (Å²) >= 11 is 4.33. The predicted octanol–water partition coefficient (Wildman–Crippen LogP) is 1.32. The zero-order valence-corrected chi connectivity index (χ0v) is 13.4. The van der Waals surface area contributed by atoms with Crippen molar-refractivity contribution in [1.82, 2.24) is 4.31 Å². The smallest absolute Gasteiger partial charge is 0.229 e. The Morgan fingerprint density at radius 3 is 2.61 bits per heavy atom. The van der Waals surface area contributed by atoms with Crippen molar-refractivity contribution in [2.75, 3.05) is 24.6 Å². The molecule has 0 amide bonds. The van der Waals surface area contributed by atoms with Crippen molar-refractivity contribution < 1.29 is 16.8 Å². The first-order valence-corrected chi connectivity index (χ1v) is 10.2. The van der Waals surface area contributed by atoms with Crippen LogP contribution in [0.4, 0.5) is 0 Å². The summed E-state index contributed by atoms with van der Waals surface area (Å²) in [6, 6.07) is 1.67. The molecule has 1 aliphatic heterocycles. The summed E-state index contributed by atoms with van der Waals surface area (Å²) in [7, 11) is -6.69. The molecule has 1 aliphatic rings.